The van der Waals surface area contributed by atoms with Crippen molar-refractivity contribution < 1.29 is 13.7 Å². The van der Waals surface area contributed by atoms with Crippen LogP contribution in [0.2, 0.25) is 0 Å². The maximum atomic E-state index is 14.4. The van der Waals surface area contributed by atoms with Gasteiger partial charge >= 0.3 is 7.12 Å². The minimum absolute atomic E-state index is 0. The number of rotatable bonds is 2. The summed E-state index contributed by atoms with van der Waals surface area (Å²) >= 11 is 0. The lowest BCUT2D eigenvalue weighted by atomic mass is 9.77. The zero-order valence-electron chi connectivity index (χ0n) is 12.6. The van der Waals surface area contributed by atoms with Gasteiger partial charge in [-0.05, 0) is 45.7 Å². The quantitative estimate of drug-likeness (QED) is 0.853. The number of nitrogens with two attached hydrogens (primary N) is 1. The molecule has 0 amide bonds. The van der Waals surface area contributed by atoms with Crippen LogP contribution < -0.4 is 11.2 Å². The van der Waals surface area contributed by atoms with E-state index in [2.05, 4.69) is 0 Å². The summed E-state index contributed by atoms with van der Waals surface area (Å²) in [5, 5.41) is 0. The van der Waals surface area contributed by atoms with E-state index in [0.29, 0.717) is 17.6 Å². The van der Waals surface area contributed by atoms with Gasteiger partial charge in [-0.2, -0.15) is 0 Å². The number of hydrogen-bond donors (Lipinski definition) is 1. The summed E-state index contributed by atoms with van der Waals surface area (Å²) in [4.78, 5) is 0. The van der Waals surface area contributed by atoms with E-state index < -0.39 is 18.3 Å². The highest BCUT2D eigenvalue weighted by atomic mass is 35.5. The van der Waals surface area contributed by atoms with Gasteiger partial charge in [0.1, 0.15) is 5.82 Å². The summed E-state index contributed by atoms with van der Waals surface area (Å²) < 4.78 is 26.1. The molecule has 0 radical (unpaired) electrons. The van der Waals surface area contributed by atoms with Gasteiger partial charge in [0.25, 0.3) is 0 Å². The van der Waals surface area contributed by atoms with Crippen molar-refractivity contribution in [3.05, 3.63) is 29.1 Å². The maximum Gasteiger partial charge on any atom is 0.497 e. The van der Waals surface area contributed by atoms with Crippen LogP contribution in [0.5, 0.6) is 0 Å². The summed E-state index contributed by atoms with van der Waals surface area (Å²) in [7, 11) is -0.671. The Morgan fingerprint density at radius 3 is 2.10 bits per heavy atom. The minimum atomic E-state index is -0.671. The summed E-state index contributed by atoms with van der Waals surface area (Å²) in [5.41, 5.74) is 6.45. The van der Waals surface area contributed by atoms with Gasteiger partial charge in [-0.3, -0.25) is 0 Å². The molecule has 1 aromatic rings. The molecule has 3 nitrogen and oxygen atoms in total. The highest BCUT2D eigenvalue weighted by molar-refractivity contribution is 6.62. The van der Waals surface area contributed by atoms with Crippen molar-refractivity contribution in [2.75, 3.05) is 0 Å². The highest BCUT2D eigenvalue weighted by Gasteiger charge is 2.52. The molecule has 0 saturated carbocycles. The van der Waals surface area contributed by atoms with Gasteiger partial charge in [0.15, 0.2) is 0 Å². The average Bonchev–Trinajstić information content (AvgIpc) is 2.51. The van der Waals surface area contributed by atoms with Crippen LogP contribution in [0.25, 0.3) is 0 Å². The summed E-state index contributed by atoms with van der Waals surface area (Å²) in [5.74, 6) is -0.290. The minimum Gasteiger partial charge on any atom is -0.399 e. The van der Waals surface area contributed by atoms with Crippen LogP contribution in [-0.4, -0.2) is 18.3 Å². The lowest BCUT2D eigenvalue weighted by molar-refractivity contribution is 0.00578. The van der Waals surface area contributed by atoms with Crippen molar-refractivity contribution >= 4 is 25.0 Å². The first-order valence-corrected chi connectivity index (χ1v) is 6.53. The Bertz CT molecular complexity index is 492. The monoisotopic (exact) mass is 301 g/mol. The molecule has 0 unspecified atom stereocenters. The molecule has 0 bridgehead atoms. The standard InChI is InChI=1S/C14H21BFNO2.ClH/c1-9-10(8-17)6-7-11(12(9)16)15-18-13(2,3)14(4,5)19-15;/h6-7H,8,17H2,1-5H3;1H. The van der Waals surface area contributed by atoms with Gasteiger partial charge in [-0.1, -0.05) is 12.1 Å². The van der Waals surface area contributed by atoms with Crippen LogP contribution in [0.1, 0.15) is 38.8 Å². The second-order valence-corrected chi connectivity index (χ2v) is 6.05. The van der Waals surface area contributed by atoms with Crippen LogP contribution in [0.3, 0.4) is 0 Å². The predicted octanol–water partition coefficient (Wildman–Crippen LogP) is 2.31. The second-order valence-electron chi connectivity index (χ2n) is 6.05. The highest BCUT2D eigenvalue weighted by Crippen LogP contribution is 2.36. The fourth-order valence-corrected chi connectivity index (χ4v) is 2.12. The van der Waals surface area contributed by atoms with Gasteiger partial charge in [0, 0.05) is 12.0 Å². The Morgan fingerprint density at radius 2 is 1.65 bits per heavy atom. The average molecular weight is 302 g/mol. The molecule has 6 heteroatoms. The number of hydrogen-bond acceptors (Lipinski definition) is 3. The fourth-order valence-electron chi connectivity index (χ4n) is 2.12. The molecule has 1 aromatic carbocycles. The predicted molar refractivity (Wildman–Crippen MR) is 82.0 cm³/mol. The van der Waals surface area contributed by atoms with Gasteiger partial charge in [-0.15, -0.1) is 12.4 Å². The second kappa shape index (κ2) is 5.64. The normalized spacial score (nSPS) is 19.9. The Balaban J connectivity index is 0.00000200. The van der Waals surface area contributed by atoms with Crippen LogP contribution in [0.15, 0.2) is 12.1 Å². The van der Waals surface area contributed by atoms with Gasteiger partial charge in [-0.25, -0.2) is 4.39 Å². The largest absolute Gasteiger partial charge is 0.497 e. The van der Waals surface area contributed by atoms with E-state index in [1.54, 1.807) is 13.0 Å². The third kappa shape index (κ3) is 2.73. The molecular formula is C14H22BClFNO2. The Kier molecular flexibility index (Phi) is 4.92. The molecule has 20 heavy (non-hydrogen) atoms. The zero-order valence-corrected chi connectivity index (χ0v) is 13.4. The molecule has 2 N–H and O–H groups in total. The van der Waals surface area contributed by atoms with Gasteiger partial charge in [0.05, 0.1) is 11.2 Å². The zero-order chi connectivity index (χ0) is 14.4. The number of halogens is 2. The molecule has 0 spiro atoms. The topological polar surface area (TPSA) is 44.5 Å². The Labute approximate surface area is 126 Å². The van der Waals surface area contributed by atoms with Gasteiger partial charge < -0.3 is 15.0 Å². The maximum absolute atomic E-state index is 14.4. The molecule has 1 fully saturated rings. The molecular weight excluding hydrogens is 279 g/mol. The molecule has 0 aliphatic carbocycles. The fraction of sp³-hybridized carbons (Fsp3) is 0.571. The molecule has 1 aliphatic heterocycles. The van der Waals surface area contributed by atoms with Crippen molar-refractivity contribution in [3.8, 4) is 0 Å². The van der Waals surface area contributed by atoms with Crippen molar-refractivity contribution in [1.29, 1.82) is 0 Å². The van der Waals surface area contributed by atoms with Crippen LogP contribution in [0, 0.1) is 12.7 Å². The smallest absolute Gasteiger partial charge is 0.399 e. The molecule has 1 saturated heterocycles. The molecule has 1 heterocycles. The SMILES string of the molecule is Cc1c(CN)ccc(B2OC(C)(C)C(C)(C)O2)c1F.Cl. The summed E-state index contributed by atoms with van der Waals surface area (Å²) in [6.45, 7) is 9.86. The van der Waals surface area contributed by atoms with E-state index in [-0.39, 0.29) is 18.2 Å². The van der Waals surface area contributed by atoms with E-state index in [4.69, 9.17) is 15.0 Å². The van der Waals surface area contributed by atoms with E-state index in [0.717, 1.165) is 5.56 Å². The Morgan fingerprint density at radius 1 is 1.15 bits per heavy atom. The molecule has 0 aromatic heterocycles. The van der Waals surface area contributed by atoms with Crippen molar-refractivity contribution in [2.24, 2.45) is 5.73 Å². The third-order valence-corrected chi connectivity index (χ3v) is 4.26. The molecule has 0 atom stereocenters. The third-order valence-electron chi connectivity index (χ3n) is 4.26. The first-order chi connectivity index (χ1) is 8.69. The van der Waals surface area contributed by atoms with Crippen LogP contribution in [0.4, 0.5) is 4.39 Å². The lowest BCUT2D eigenvalue weighted by Crippen LogP contribution is -2.41. The van der Waals surface area contributed by atoms with Crippen molar-refractivity contribution in [1.82, 2.24) is 0 Å². The van der Waals surface area contributed by atoms with E-state index >= 15 is 0 Å². The van der Waals surface area contributed by atoms with Crippen molar-refractivity contribution in [3.63, 3.8) is 0 Å². The van der Waals surface area contributed by atoms with Crippen molar-refractivity contribution in [2.45, 2.75) is 52.4 Å². The first kappa shape index (κ1) is 17.4. The van der Waals surface area contributed by atoms with Crippen LogP contribution in [-0.2, 0) is 15.9 Å². The lowest BCUT2D eigenvalue weighted by Gasteiger charge is -2.32. The molecule has 2 rings (SSSR count). The summed E-state index contributed by atoms with van der Waals surface area (Å²) in [6, 6.07) is 3.53. The molecule has 1 aliphatic rings. The Hall–Kier alpha value is -0.615. The van der Waals surface area contributed by atoms with E-state index in [9.17, 15) is 4.39 Å². The van der Waals surface area contributed by atoms with E-state index in [1.807, 2.05) is 33.8 Å². The summed E-state index contributed by atoms with van der Waals surface area (Å²) in [6.07, 6.45) is 0. The van der Waals surface area contributed by atoms with Crippen LogP contribution >= 0.6 is 12.4 Å². The van der Waals surface area contributed by atoms with E-state index in [1.165, 1.54) is 0 Å². The number of benzene rings is 1. The van der Waals surface area contributed by atoms with Gasteiger partial charge in [0.2, 0.25) is 0 Å². The molecule has 112 valence electrons. The first-order valence-electron chi connectivity index (χ1n) is 6.53.